The van der Waals surface area contributed by atoms with Crippen molar-refractivity contribution in [2.24, 2.45) is 0 Å². The van der Waals surface area contributed by atoms with Crippen molar-refractivity contribution in [1.82, 2.24) is 9.97 Å². The third-order valence-electron chi connectivity index (χ3n) is 2.72. The van der Waals surface area contributed by atoms with Crippen molar-refractivity contribution in [3.63, 3.8) is 0 Å². The van der Waals surface area contributed by atoms with Crippen LogP contribution in [0, 0.1) is 0 Å². The zero-order valence-corrected chi connectivity index (χ0v) is 10.6. The van der Waals surface area contributed by atoms with Crippen LogP contribution in [-0.2, 0) is 4.79 Å². The second kappa shape index (κ2) is 5.51. The van der Waals surface area contributed by atoms with E-state index in [1.54, 1.807) is 29.2 Å². The number of anilines is 1. The molecule has 1 aromatic carbocycles. The normalized spacial score (nSPS) is 10.6. The minimum atomic E-state index is -0.954. The zero-order valence-electron chi connectivity index (χ0n) is 10.6. The molecule has 0 amide bonds. The van der Waals surface area contributed by atoms with Crippen molar-refractivity contribution in [3.05, 3.63) is 34.6 Å². The number of aromatic nitrogens is 2. The highest BCUT2D eigenvalue weighted by Gasteiger charge is 2.13. The Morgan fingerprint density at radius 2 is 2.16 bits per heavy atom. The van der Waals surface area contributed by atoms with Gasteiger partial charge in [0.2, 0.25) is 5.95 Å². The highest BCUT2D eigenvalue weighted by Crippen LogP contribution is 2.11. The Hall–Kier alpha value is -2.37. The smallest absolute Gasteiger partial charge is 0.323 e. The number of carboxylic acids is 1. The van der Waals surface area contributed by atoms with Gasteiger partial charge in [0, 0.05) is 6.54 Å². The first-order valence-electron chi connectivity index (χ1n) is 6.07. The van der Waals surface area contributed by atoms with Crippen molar-refractivity contribution in [1.29, 1.82) is 0 Å². The average molecular weight is 261 g/mol. The molecule has 1 heterocycles. The van der Waals surface area contributed by atoms with Gasteiger partial charge in [0.25, 0.3) is 5.56 Å². The lowest BCUT2D eigenvalue weighted by molar-refractivity contribution is -0.135. The second-order valence-electron chi connectivity index (χ2n) is 4.22. The van der Waals surface area contributed by atoms with Crippen LogP contribution >= 0.6 is 0 Å². The lowest BCUT2D eigenvalue weighted by atomic mass is 10.2. The Morgan fingerprint density at radius 1 is 1.42 bits per heavy atom. The van der Waals surface area contributed by atoms with E-state index < -0.39 is 5.97 Å². The molecule has 2 aromatic rings. The van der Waals surface area contributed by atoms with Crippen molar-refractivity contribution in [2.75, 3.05) is 18.0 Å². The number of para-hydroxylation sites is 1. The van der Waals surface area contributed by atoms with E-state index in [1.165, 1.54) is 0 Å². The van der Waals surface area contributed by atoms with Crippen molar-refractivity contribution >= 4 is 22.8 Å². The molecule has 0 bridgehead atoms. The van der Waals surface area contributed by atoms with E-state index in [9.17, 15) is 9.59 Å². The molecule has 1 aromatic heterocycles. The highest BCUT2D eigenvalue weighted by atomic mass is 16.4. The molecular weight excluding hydrogens is 246 g/mol. The molecule has 0 spiro atoms. The van der Waals surface area contributed by atoms with Crippen LogP contribution in [0.25, 0.3) is 10.9 Å². The summed E-state index contributed by atoms with van der Waals surface area (Å²) in [4.78, 5) is 31.3. The first kappa shape index (κ1) is 13.1. The van der Waals surface area contributed by atoms with Gasteiger partial charge in [0.1, 0.15) is 6.54 Å². The first-order valence-corrected chi connectivity index (χ1v) is 6.07. The number of benzene rings is 1. The molecule has 6 nitrogen and oxygen atoms in total. The van der Waals surface area contributed by atoms with E-state index >= 15 is 0 Å². The van der Waals surface area contributed by atoms with E-state index in [2.05, 4.69) is 9.97 Å². The molecule has 2 rings (SSSR count). The van der Waals surface area contributed by atoms with Gasteiger partial charge >= 0.3 is 5.97 Å². The van der Waals surface area contributed by atoms with Gasteiger partial charge in [-0.1, -0.05) is 19.1 Å². The van der Waals surface area contributed by atoms with Crippen LogP contribution in [0.1, 0.15) is 13.3 Å². The number of hydrogen-bond acceptors (Lipinski definition) is 4. The molecule has 0 aliphatic rings. The van der Waals surface area contributed by atoms with Gasteiger partial charge in [0.05, 0.1) is 10.9 Å². The van der Waals surface area contributed by atoms with E-state index in [0.29, 0.717) is 23.4 Å². The van der Waals surface area contributed by atoms with Gasteiger partial charge in [0.15, 0.2) is 0 Å². The Morgan fingerprint density at radius 3 is 2.84 bits per heavy atom. The fraction of sp³-hybridized carbons (Fsp3) is 0.308. The van der Waals surface area contributed by atoms with Crippen LogP contribution in [0.15, 0.2) is 29.1 Å². The predicted molar refractivity (Wildman–Crippen MR) is 72.5 cm³/mol. The number of rotatable bonds is 5. The third kappa shape index (κ3) is 2.90. The molecule has 0 fully saturated rings. The number of aromatic amines is 1. The molecule has 0 unspecified atom stereocenters. The van der Waals surface area contributed by atoms with Gasteiger partial charge < -0.3 is 10.0 Å². The first-order chi connectivity index (χ1) is 9.11. The zero-order chi connectivity index (χ0) is 13.8. The number of aliphatic carboxylic acids is 1. The van der Waals surface area contributed by atoms with Crippen molar-refractivity contribution in [3.8, 4) is 0 Å². The molecule has 0 saturated heterocycles. The van der Waals surface area contributed by atoms with Gasteiger partial charge in [-0.15, -0.1) is 0 Å². The van der Waals surface area contributed by atoms with Crippen LogP contribution in [0.2, 0.25) is 0 Å². The van der Waals surface area contributed by atoms with Gasteiger partial charge in [-0.25, -0.2) is 4.98 Å². The van der Waals surface area contributed by atoms with Crippen LogP contribution in [0.5, 0.6) is 0 Å². The van der Waals surface area contributed by atoms with E-state index in [-0.39, 0.29) is 12.1 Å². The quantitative estimate of drug-likeness (QED) is 0.845. The van der Waals surface area contributed by atoms with Crippen LogP contribution in [0.4, 0.5) is 5.95 Å². The predicted octanol–water partition coefficient (Wildman–Crippen LogP) is 1.22. The SMILES string of the molecule is CCCN(CC(=O)O)c1nc2ccccc2c(=O)[nH]1. The van der Waals surface area contributed by atoms with Crippen LogP contribution in [-0.4, -0.2) is 34.1 Å². The summed E-state index contributed by atoms with van der Waals surface area (Å²) < 4.78 is 0. The Kier molecular flexibility index (Phi) is 3.79. The topological polar surface area (TPSA) is 86.3 Å². The fourth-order valence-electron chi connectivity index (χ4n) is 1.92. The molecule has 0 aliphatic heterocycles. The molecule has 100 valence electrons. The van der Waals surface area contributed by atoms with E-state index in [1.807, 2.05) is 6.92 Å². The number of H-pyrrole nitrogens is 1. The molecule has 0 radical (unpaired) electrons. The molecule has 0 aliphatic carbocycles. The highest BCUT2D eigenvalue weighted by molar-refractivity contribution is 5.79. The summed E-state index contributed by atoms with van der Waals surface area (Å²) in [6.07, 6.45) is 0.768. The molecule has 2 N–H and O–H groups in total. The number of carboxylic acid groups (broad SMARTS) is 1. The van der Waals surface area contributed by atoms with Crippen molar-refractivity contribution in [2.45, 2.75) is 13.3 Å². The van der Waals surface area contributed by atoms with Gasteiger partial charge in [-0.3, -0.25) is 14.6 Å². The summed E-state index contributed by atoms with van der Waals surface area (Å²) in [5.74, 6) is -0.655. The molecular formula is C13H15N3O3. The van der Waals surface area contributed by atoms with E-state index in [0.717, 1.165) is 6.42 Å². The van der Waals surface area contributed by atoms with E-state index in [4.69, 9.17) is 5.11 Å². The second-order valence-corrected chi connectivity index (χ2v) is 4.22. The number of carbonyl (C=O) groups is 1. The Balaban J connectivity index is 2.47. The largest absolute Gasteiger partial charge is 0.480 e. The maximum atomic E-state index is 11.9. The Bertz CT molecular complexity index is 651. The Labute approximate surface area is 109 Å². The maximum absolute atomic E-state index is 11.9. The van der Waals surface area contributed by atoms with Crippen LogP contribution < -0.4 is 10.5 Å². The number of fused-ring (bicyclic) bond motifs is 1. The molecule has 19 heavy (non-hydrogen) atoms. The molecule has 0 atom stereocenters. The van der Waals surface area contributed by atoms with Crippen molar-refractivity contribution < 1.29 is 9.90 Å². The lowest BCUT2D eigenvalue weighted by Crippen LogP contribution is -2.33. The van der Waals surface area contributed by atoms with Crippen LogP contribution in [0.3, 0.4) is 0 Å². The number of nitrogens with one attached hydrogen (secondary N) is 1. The summed E-state index contributed by atoms with van der Waals surface area (Å²) >= 11 is 0. The summed E-state index contributed by atoms with van der Waals surface area (Å²) in [7, 11) is 0. The average Bonchev–Trinajstić information content (AvgIpc) is 2.38. The number of nitrogens with zero attached hydrogens (tertiary/aromatic N) is 2. The fourth-order valence-corrected chi connectivity index (χ4v) is 1.92. The summed E-state index contributed by atoms with van der Waals surface area (Å²) in [6.45, 7) is 2.27. The minimum Gasteiger partial charge on any atom is -0.480 e. The lowest BCUT2D eigenvalue weighted by Gasteiger charge is -2.20. The molecule has 6 heteroatoms. The van der Waals surface area contributed by atoms with Gasteiger partial charge in [-0.05, 0) is 18.6 Å². The molecule has 0 saturated carbocycles. The summed E-state index contributed by atoms with van der Waals surface area (Å²) in [6, 6.07) is 6.98. The minimum absolute atomic E-state index is 0.185. The monoisotopic (exact) mass is 261 g/mol. The summed E-state index contributed by atoms with van der Waals surface area (Å²) in [5, 5.41) is 9.39. The maximum Gasteiger partial charge on any atom is 0.323 e. The van der Waals surface area contributed by atoms with Gasteiger partial charge in [-0.2, -0.15) is 0 Å². The summed E-state index contributed by atoms with van der Waals surface area (Å²) in [5.41, 5.74) is 0.305. The number of hydrogen-bond donors (Lipinski definition) is 2. The standard InChI is InChI=1S/C13H15N3O3/c1-2-7-16(8-11(17)18)13-14-10-6-4-3-5-9(10)12(19)15-13/h3-6H,2,7-8H2,1H3,(H,17,18)(H,14,15,19). The third-order valence-corrected chi connectivity index (χ3v) is 2.72.